The second-order valence-electron chi connectivity index (χ2n) is 8.25. The molecule has 2 saturated heterocycles. The molecule has 0 unspecified atom stereocenters. The van der Waals surface area contributed by atoms with Gasteiger partial charge in [-0.3, -0.25) is 14.6 Å². The van der Waals surface area contributed by atoms with E-state index in [1.807, 2.05) is 17.0 Å². The van der Waals surface area contributed by atoms with Crippen LogP contribution in [0.2, 0.25) is 0 Å². The van der Waals surface area contributed by atoms with E-state index in [-0.39, 0.29) is 17.2 Å². The molecule has 2 atom stereocenters. The molecule has 134 valence electrons. The maximum atomic E-state index is 12.5. The molecular formula is C20H27N3O2. The highest BCUT2D eigenvalue weighted by Crippen LogP contribution is 2.43. The van der Waals surface area contributed by atoms with Crippen molar-refractivity contribution in [3.63, 3.8) is 0 Å². The van der Waals surface area contributed by atoms with Gasteiger partial charge < -0.3 is 9.80 Å². The zero-order valence-corrected chi connectivity index (χ0v) is 15.0. The van der Waals surface area contributed by atoms with E-state index in [0.717, 1.165) is 50.9 Å². The molecule has 3 heterocycles. The standard InChI is InChI=1S/C20H27N3O2/c1-15-12-17(15)19(25)22-10-6-20(7-11-22)5-2-18(24)23(14-20)13-16-3-8-21-9-4-16/h3-4,8-9,15,17H,2,5-7,10-14H2,1H3/t15-,17-/m1/s1. The largest absolute Gasteiger partial charge is 0.342 e. The molecule has 0 radical (unpaired) electrons. The second-order valence-corrected chi connectivity index (χ2v) is 8.25. The molecule has 0 aromatic carbocycles. The normalized spacial score (nSPS) is 28.3. The Bertz CT molecular complexity index is 652. The van der Waals surface area contributed by atoms with Crippen molar-refractivity contribution >= 4 is 11.8 Å². The SMILES string of the molecule is C[C@@H]1C[C@H]1C(=O)N1CCC2(CCC(=O)N(Cc3ccncc3)C2)CC1. The van der Waals surface area contributed by atoms with Crippen molar-refractivity contribution in [1.82, 2.24) is 14.8 Å². The fourth-order valence-corrected chi connectivity index (χ4v) is 4.47. The third kappa shape index (κ3) is 3.42. The van der Waals surface area contributed by atoms with Crippen LogP contribution < -0.4 is 0 Å². The molecule has 0 N–H and O–H groups in total. The molecule has 1 aliphatic carbocycles. The van der Waals surface area contributed by atoms with Gasteiger partial charge in [0, 0.05) is 50.9 Å². The van der Waals surface area contributed by atoms with Gasteiger partial charge in [-0.1, -0.05) is 6.92 Å². The Balaban J connectivity index is 1.38. The Hall–Kier alpha value is -1.91. The van der Waals surface area contributed by atoms with Gasteiger partial charge in [0.2, 0.25) is 11.8 Å². The first-order valence-corrected chi connectivity index (χ1v) is 9.52. The third-order valence-electron chi connectivity index (χ3n) is 6.43. The van der Waals surface area contributed by atoms with E-state index in [1.54, 1.807) is 12.4 Å². The second kappa shape index (κ2) is 6.43. The number of aromatic nitrogens is 1. The molecule has 0 bridgehead atoms. The Morgan fingerprint density at radius 1 is 1.24 bits per heavy atom. The van der Waals surface area contributed by atoms with Gasteiger partial charge in [0.1, 0.15) is 0 Å². The first-order chi connectivity index (χ1) is 12.1. The van der Waals surface area contributed by atoms with Crippen molar-refractivity contribution in [3.05, 3.63) is 30.1 Å². The van der Waals surface area contributed by atoms with Gasteiger partial charge in [0.15, 0.2) is 0 Å². The monoisotopic (exact) mass is 341 g/mol. The van der Waals surface area contributed by atoms with E-state index in [0.29, 0.717) is 24.8 Å². The average molecular weight is 341 g/mol. The van der Waals surface area contributed by atoms with Crippen molar-refractivity contribution < 1.29 is 9.59 Å². The fourth-order valence-electron chi connectivity index (χ4n) is 4.47. The molecule has 25 heavy (non-hydrogen) atoms. The zero-order valence-electron chi connectivity index (χ0n) is 15.0. The quantitative estimate of drug-likeness (QED) is 0.849. The first kappa shape index (κ1) is 16.6. The Labute approximate surface area is 149 Å². The van der Waals surface area contributed by atoms with Crippen LogP contribution >= 0.6 is 0 Å². The molecular weight excluding hydrogens is 314 g/mol. The highest BCUT2D eigenvalue weighted by Gasteiger charge is 2.45. The number of pyridine rings is 1. The first-order valence-electron chi connectivity index (χ1n) is 9.52. The molecule has 5 nitrogen and oxygen atoms in total. The Morgan fingerprint density at radius 2 is 1.92 bits per heavy atom. The molecule has 2 aliphatic heterocycles. The maximum absolute atomic E-state index is 12.5. The molecule has 5 heteroatoms. The highest BCUT2D eigenvalue weighted by atomic mass is 16.2. The van der Waals surface area contributed by atoms with Gasteiger partial charge in [-0.25, -0.2) is 0 Å². The molecule has 1 spiro atoms. The Morgan fingerprint density at radius 3 is 2.56 bits per heavy atom. The number of nitrogens with zero attached hydrogens (tertiary/aromatic N) is 3. The van der Waals surface area contributed by atoms with E-state index < -0.39 is 0 Å². The highest BCUT2D eigenvalue weighted by molar-refractivity contribution is 5.81. The topological polar surface area (TPSA) is 53.5 Å². The number of amides is 2. The molecule has 2 amide bonds. The van der Waals surface area contributed by atoms with E-state index in [4.69, 9.17) is 0 Å². The van der Waals surface area contributed by atoms with Gasteiger partial charge in [-0.2, -0.15) is 0 Å². The summed E-state index contributed by atoms with van der Waals surface area (Å²) in [7, 11) is 0. The lowest BCUT2D eigenvalue weighted by Gasteiger charge is -2.47. The number of rotatable bonds is 3. The number of hydrogen-bond donors (Lipinski definition) is 0. The van der Waals surface area contributed by atoms with Crippen molar-refractivity contribution in [3.8, 4) is 0 Å². The Kier molecular flexibility index (Phi) is 4.26. The summed E-state index contributed by atoms with van der Waals surface area (Å²) in [6.07, 6.45) is 8.29. The van der Waals surface area contributed by atoms with Gasteiger partial charge in [0.05, 0.1) is 0 Å². The predicted octanol–water partition coefficient (Wildman–Crippen LogP) is 2.47. The van der Waals surface area contributed by atoms with Gasteiger partial charge in [0.25, 0.3) is 0 Å². The van der Waals surface area contributed by atoms with Crippen molar-refractivity contribution in [2.45, 2.75) is 45.6 Å². The van der Waals surface area contributed by atoms with E-state index in [9.17, 15) is 9.59 Å². The zero-order chi connectivity index (χ0) is 17.4. The van der Waals surface area contributed by atoms with Crippen molar-refractivity contribution in [2.75, 3.05) is 19.6 Å². The minimum absolute atomic E-state index is 0.201. The average Bonchev–Trinajstić information content (AvgIpc) is 3.36. The van der Waals surface area contributed by atoms with E-state index in [1.165, 1.54) is 0 Å². The maximum Gasteiger partial charge on any atom is 0.225 e. The van der Waals surface area contributed by atoms with E-state index >= 15 is 0 Å². The molecule has 4 rings (SSSR count). The molecule has 1 aromatic heterocycles. The van der Waals surface area contributed by atoms with Gasteiger partial charge in [-0.15, -0.1) is 0 Å². The van der Waals surface area contributed by atoms with Gasteiger partial charge in [-0.05, 0) is 54.7 Å². The summed E-state index contributed by atoms with van der Waals surface area (Å²) in [5, 5.41) is 0. The fraction of sp³-hybridized carbons (Fsp3) is 0.650. The van der Waals surface area contributed by atoms with E-state index in [2.05, 4.69) is 16.8 Å². The summed E-state index contributed by atoms with van der Waals surface area (Å²) in [5.74, 6) is 1.48. The van der Waals surface area contributed by atoms with Crippen LogP contribution in [0.25, 0.3) is 0 Å². The van der Waals surface area contributed by atoms with Crippen molar-refractivity contribution in [2.24, 2.45) is 17.3 Å². The summed E-state index contributed by atoms with van der Waals surface area (Å²) in [5.41, 5.74) is 1.34. The molecule has 1 saturated carbocycles. The van der Waals surface area contributed by atoms with Crippen LogP contribution in [0.15, 0.2) is 24.5 Å². The minimum Gasteiger partial charge on any atom is -0.342 e. The van der Waals surface area contributed by atoms with Crippen LogP contribution in [0.4, 0.5) is 0 Å². The summed E-state index contributed by atoms with van der Waals surface area (Å²) in [6, 6.07) is 3.96. The van der Waals surface area contributed by atoms with Crippen LogP contribution in [0, 0.1) is 17.3 Å². The predicted molar refractivity (Wildman–Crippen MR) is 94.4 cm³/mol. The van der Waals surface area contributed by atoms with Crippen LogP contribution in [-0.4, -0.2) is 46.2 Å². The molecule has 1 aromatic rings. The number of piperidine rings is 2. The number of carbonyl (C=O) groups is 2. The van der Waals surface area contributed by atoms with Crippen LogP contribution in [0.1, 0.15) is 44.6 Å². The van der Waals surface area contributed by atoms with Crippen LogP contribution in [-0.2, 0) is 16.1 Å². The lowest BCUT2D eigenvalue weighted by Crippen LogP contribution is -2.52. The van der Waals surface area contributed by atoms with Crippen LogP contribution in [0.3, 0.4) is 0 Å². The van der Waals surface area contributed by atoms with Crippen molar-refractivity contribution in [1.29, 1.82) is 0 Å². The summed E-state index contributed by atoms with van der Waals surface area (Å²) < 4.78 is 0. The van der Waals surface area contributed by atoms with Gasteiger partial charge >= 0.3 is 0 Å². The van der Waals surface area contributed by atoms with Crippen LogP contribution in [0.5, 0.6) is 0 Å². The third-order valence-corrected chi connectivity index (χ3v) is 6.43. The number of hydrogen-bond acceptors (Lipinski definition) is 3. The minimum atomic E-state index is 0.201. The lowest BCUT2D eigenvalue weighted by atomic mass is 9.72. The summed E-state index contributed by atoms with van der Waals surface area (Å²) in [4.78, 5) is 33.0. The molecule has 3 fully saturated rings. The lowest BCUT2D eigenvalue weighted by molar-refractivity contribution is -0.143. The smallest absolute Gasteiger partial charge is 0.225 e. The summed E-state index contributed by atoms with van der Waals surface area (Å²) in [6.45, 7) is 5.39. The number of likely N-dealkylation sites (tertiary alicyclic amines) is 2. The molecule has 3 aliphatic rings. The summed E-state index contributed by atoms with van der Waals surface area (Å²) >= 11 is 0. The number of carbonyl (C=O) groups excluding carboxylic acids is 2.